The molecule has 74 valence electrons. The fraction of sp³-hybridized carbons (Fsp3) is 0.167. The molecule has 1 N–H and O–H groups in total. The van der Waals surface area contributed by atoms with Crippen LogP contribution in [-0.4, -0.2) is 4.98 Å². The van der Waals surface area contributed by atoms with E-state index in [1.165, 1.54) is 0 Å². The molecule has 0 unspecified atom stereocenters. The molecular weight excluding hydrogens is 188 g/mol. The Morgan fingerprint density at radius 2 is 2.00 bits per heavy atom. The van der Waals surface area contributed by atoms with Crippen LogP contribution in [0.4, 0.5) is 0 Å². The van der Waals surface area contributed by atoms with E-state index >= 15 is 0 Å². The highest BCUT2D eigenvalue weighted by Gasteiger charge is 2.04. The average Bonchev–Trinajstić information content (AvgIpc) is 2.16. The number of rotatable bonds is 0. The predicted molar refractivity (Wildman–Crippen MR) is 58.8 cm³/mol. The van der Waals surface area contributed by atoms with Gasteiger partial charge in [-0.05, 0) is 37.1 Å². The first kappa shape index (κ1) is 9.47. The van der Waals surface area contributed by atoms with Crippen LogP contribution in [0.1, 0.15) is 16.7 Å². The molecule has 0 bridgehead atoms. The number of hydrogen-bond donors (Lipinski definition) is 1. The van der Waals surface area contributed by atoms with E-state index in [1.54, 1.807) is 6.07 Å². The van der Waals surface area contributed by atoms with Crippen molar-refractivity contribution in [2.75, 3.05) is 0 Å². The van der Waals surface area contributed by atoms with Gasteiger partial charge in [0.25, 0.3) is 5.56 Å². The second-order valence-corrected chi connectivity index (χ2v) is 3.67. The Kier molecular flexibility index (Phi) is 2.05. The Morgan fingerprint density at radius 3 is 2.67 bits per heavy atom. The quantitative estimate of drug-likeness (QED) is 0.704. The van der Waals surface area contributed by atoms with Crippen LogP contribution in [0.15, 0.2) is 23.0 Å². The lowest BCUT2D eigenvalue weighted by Gasteiger charge is -2.03. The lowest BCUT2D eigenvalue weighted by atomic mass is 10.0. The molecule has 1 aromatic heterocycles. The second kappa shape index (κ2) is 3.25. The summed E-state index contributed by atoms with van der Waals surface area (Å²) in [7, 11) is 0. The summed E-state index contributed by atoms with van der Waals surface area (Å²) >= 11 is 0. The van der Waals surface area contributed by atoms with Crippen LogP contribution in [0.25, 0.3) is 10.9 Å². The largest absolute Gasteiger partial charge is 0.321 e. The zero-order valence-corrected chi connectivity index (χ0v) is 8.59. The highest BCUT2D eigenvalue weighted by molar-refractivity contribution is 5.83. The maximum Gasteiger partial charge on any atom is 0.266 e. The van der Waals surface area contributed by atoms with E-state index in [0.717, 1.165) is 22.0 Å². The molecule has 0 aliphatic heterocycles. The number of aromatic amines is 1. The number of aromatic nitrogens is 1. The van der Waals surface area contributed by atoms with Gasteiger partial charge in [0.1, 0.15) is 11.6 Å². The SMILES string of the molecule is Cc1cc(C)c2cc(C#N)c(=O)[nH]c2c1. The number of nitrogens with zero attached hydrogens (tertiary/aromatic N) is 1. The molecule has 0 fully saturated rings. The van der Waals surface area contributed by atoms with Crippen molar-refractivity contribution in [3.05, 3.63) is 45.2 Å². The standard InChI is InChI=1S/C12H10N2O/c1-7-3-8(2)10-5-9(6-13)12(15)14-11(10)4-7/h3-5H,1-2H3,(H,14,15). The second-order valence-electron chi connectivity index (χ2n) is 3.67. The van der Waals surface area contributed by atoms with E-state index < -0.39 is 0 Å². The third-order valence-electron chi connectivity index (χ3n) is 2.43. The summed E-state index contributed by atoms with van der Waals surface area (Å²) in [6.45, 7) is 3.94. The predicted octanol–water partition coefficient (Wildman–Crippen LogP) is 2.02. The highest BCUT2D eigenvalue weighted by Crippen LogP contribution is 2.17. The van der Waals surface area contributed by atoms with Crippen LogP contribution in [0.2, 0.25) is 0 Å². The van der Waals surface area contributed by atoms with Crippen LogP contribution >= 0.6 is 0 Å². The Bertz CT molecular complexity index is 632. The van der Waals surface area contributed by atoms with Crippen molar-refractivity contribution in [2.45, 2.75) is 13.8 Å². The van der Waals surface area contributed by atoms with Gasteiger partial charge < -0.3 is 4.98 Å². The molecule has 1 heterocycles. The van der Waals surface area contributed by atoms with Gasteiger partial charge >= 0.3 is 0 Å². The van der Waals surface area contributed by atoms with Crippen LogP contribution in [-0.2, 0) is 0 Å². The summed E-state index contributed by atoms with van der Waals surface area (Å²) in [5, 5.41) is 9.68. The van der Waals surface area contributed by atoms with Gasteiger partial charge in [0.2, 0.25) is 0 Å². The van der Waals surface area contributed by atoms with Crippen LogP contribution in [0.5, 0.6) is 0 Å². The molecule has 0 amide bonds. The fourth-order valence-corrected chi connectivity index (χ4v) is 1.76. The zero-order chi connectivity index (χ0) is 11.0. The maximum atomic E-state index is 11.4. The van der Waals surface area contributed by atoms with E-state index in [4.69, 9.17) is 5.26 Å². The van der Waals surface area contributed by atoms with Gasteiger partial charge in [-0.2, -0.15) is 5.26 Å². The third kappa shape index (κ3) is 1.50. The van der Waals surface area contributed by atoms with Crippen molar-refractivity contribution >= 4 is 10.9 Å². The van der Waals surface area contributed by atoms with Gasteiger partial charge in [-0.1, -0.05) is 6.07 Å². The molecule has 3 nitrogen and oxygen atoms in total. The number of pyridine rings is 1. The van der Waals surface area contributed by atoms with E-state index in [1.807, 2.05) is 32.0 Å². The first-order valence-electron chi connectivity index (χ1n) is 4.66. The number of H-pyrrole nitrogens is 1. The first-order valence-corrected chi connectivity index (χ1v) is 4.66. The third-order valence-corrected chi connectivity index (χ3v) is 2.43. The first-order chi connectivity index (χ1) is 7.11. The van der Waals surface area contributed by atoms with Crippen LogP contribution < -0.4 is 5.56 Å². The monoisotopic (exact) mass is 198 g/mol. The van der Waals surface area contributed by atoms with Crippen molar-refractivity contribution in [3.63, 3.8) is 0 Å². The van der Waals surface area contributed by atoms with E-state index in [9.17, 15) is 4.79 Å². The molecule has 3 heteroatoms. The molecule has 0 saturated heterocycles. The Balaban J connectivity index is 2.95. The maximum absolute atomic E-state index is 11.4. The lowest BCUT2D eigenvalue weighted by Crippen LogP contribution is -2.09. The minimum Gasteiger partial charge on any atom is -0.321 e. The van der Waals surface area contributed by atoms with E-state index in [0.29, 0.717) is 0 Å². The topological polar surface area (TPSA) is 56.6 Å². The number of fused-ring (bicyclic) bond motifs is 1. The summed E-state index contributed by atoms with van der Waals surface area (Å²) in [5.74, 6) is 0. The number of nitriles is 1. The molecular formula is C12H10N2O. The minimum atomic E-state index is -0.324. The van der Waals surface area contributed by atoms with Crippen molar-refractivity contribution in [1.29, 1.82) is 5.26 Å². The summed E-state index contributed by atoms with van der Waals surface area (Å²) in [6, 6.07) is 7.46. The molecule has 0 saturated carbocycles. The van der Waals surface area contributed by atoms with E-state index in [-0.39, 0.29) is 11.1 Å². The summed E-state index contributed by atoms with van der Waals surface area (Å²) in [4.78, 5) is 14.1. The Morgan fingerprint density at radius 1 is 1.27 bits per heavy atom. The molecule has 0 aliphatic rings. The number of aryl methyl sites for hydroxylation is 2. The van der Waals surface area contributed by atoms with Crippen molar-refractivity contribution in [3.8, 4) is 6.07 Å². The van der Waals surface area contributed by atoms with Gasteiger partial charge in [0.15, 0.2) is 0 Å². The Hall–Kier alpha value is -2.08. The molecule has 2 aromatic rings. The van der Waals surface area contributed by atoms with Crippen molar-refractivity contribution < 1.29 is 0 Å². The molecule has 2 rings (SSSR count). The Labute approximate surface area is 87.0 Å². The van der Waals surface area contributed by atoms with Gasteiger partial charge in [0, 0.05) is 10.9 Å². The van der Waals surface area contributed by atoms with Gasteiger partial charge in [-0.25, -0.2) is 0 Å². The molecule has 0 radical (unpaired) electrons. The molecule has 0 atom stereocenters. The van der Waals surface area contributed by atoms with Gasteiger partial charge in [-0.3, -0.25) is 4.79 Å². The molecule has 0 aliphatic carbocycles. The van der Waals surface area contributed by atoms with Gasteiger partial charge in [-0.15, -0.1) is 0 Å². The summed E-state index contributed by atoms with van der Waals surface area (Å²) in [6.07, 6.45) is 0. The molecule has 1 aromatic carbocycles. The number of hydrogen-bond acceptors (Lipinski definition) is 2. The minimum absolute atomic E-state index is 0.162. The molecule has 15 heavy (non-hydrogen) atoms. The van der Waals surface area contributed by atoms with E-state index in [2.05, 4.69) is 4.98 Å². The van der Waals surface area contributed by atoms with Crippen molar-refractivity contribution in [1.82, 2.24) is 4.98 Å². The highest BCUT2D eigenvalue weighted by atomic mass is 16.1. The zero-order valence-electron chi connectivity index (χ0n) is 8.59. The lowest BCUT2D eigenvalue weighted by molar-refractivity contribution is 1.26. The molecule has 0 spiro atoms. The number of nitrogens with one attached hydrogen (secondary N) is 1. The van der Waals surface area contributed by atoms with Crippen molar-refractivity contribution in [2.24, 2.45) is 0 Å². The number of benzene rings is 1. The fourth-order valence-electron chi connectivity index (χ4n) is 1.76. The van der Waals surface area contributed by atoms with Crippen LogP contribution in [0.3, 0.4) is 0 Å². The summed E-state index contributed by atoms with van der Waals surface area (Å²) < 4.78 is 0. The van der Waals surface area contributed by atoms with Crippen LogP contribution in [0, 0.1) is 25.2 Å². The normalized spacial score (nSPS) is 10.2. The average molecular weight is 198 g/mol. The summed E-state index contributed by atoms with van der Waals surface area (Å²) in [5.41, 5.74) is 2.79. The smallest absolute Gasteiger partial charge is 0.266 e. The van der Waals surface area contributed by atoms with Gasteiger partial charge in [0.05, 0.1) is 0 Å².